The van der Waals surface area contributed by atoms with Crippen LogP contribution >= 0.6 is 0 Å². The van der Waals surface area contributed by atoms with Crippen LogP contribution in [0.25, 0.3) is 0 Å². The third-order valence-corrected chi connectivity index (χ3v) is 4.37. The van der Waals surface area contributed by atoms with Gasteiger partial charge in [-0.3, -0.25) is 9.59 Å². The van der Waals surface area contributed by atoms with Gasteiger partial charge in [-0.1, -0.05) is 36.4 Å². The molecule has 3 rings (SSSR count). The summed E-state index contributed by atoms with van der Waals surface area (Å²) in [6.45, 7) is 3.78. The van der Waals surface area contributed by atoms with E-state index in [0.717, 1.165) is 0 Å². The van der Waals surface area contributed by atoms with E-state index in [1.807, 2.05) is 13.8 Å². The van der Waals surface area contributed by atoms with Crippen molar-refractivity contribution < 1.29 is 23.1 Å². The zero-order valence-electron chi connectivity index (χ0n) is 17.1. The second kappa shape index (κ2) is 9.84. The Hall–Kier alpha value is -3.74. The Morgan fingerprint density at radius 2 is 1.19 bits per heavy atom. The summed E-state index contributed by atoms with van der Waals surface area (Å²) < 4.78 is 33.7. The summed E-state index contributed by atoms with van der Waals surface area (Å²) >= 11 is 0. The third kappa shape index (κ3) is 5.66. The lowest BCUT2D eigenvalue weighted by Gasteiger charge is -2.22. The minimum absolute atomic E-state index is 0.0248. The van der Waals surface area contributed by atoms with E-state index in [9.17, 15) is 18.4 Å². The van der Waals surface area contributed by atoms with Crippen molar-refractivity contribution >= 4 is 11.8 Å². The van der Waals surface area contributed by atoms with Crippen LogP contribution in [0.1, 0.15) is 46.3 Å². The molecule has 0 aliphatic heterocycles. The van der Waals surface area contributed by atoms with E-state index < -0.39 is 29.6 Å². The first kappa shape index (κ1) is 22.0. The van der Waals surface area contributed by atoms with E-state index in [4.69, 9.17) is 4.74 Å². The van der Waals surface area contributed by atoms with Crippen LogP contribution in [0.4, 0.5) is 8.78 Å². The number of halogens is 2. The zero-order valence-corrected chi connectivity index (χ0v) is 17.1. The maximum Gasteiger partial charge on any atom is 0.256 e. The van der Waals surface area contributed by atoms with Gasteiger partial charge in [-0.25, -0.2) is 8.78 Å². The summed E-state index contributed by atoms with van der Waals surface area (Å²) in [5.74, 6) is -2.23. The molecular weight excluding hydrogens is 402 g/mol. The molecule has 0 saturated carbocycles. The Balaban J connectivity index is 1.88. The molecule has 0 saturated heterocycles. The standard InChI is InChI=1S/C24H22F2N2O3/c1-15(2)31-17-13-11-16(12-14-17)22(27-23(29)18-7-3-5-9-20(18)25)28-24(30)19-8-4-6-10-21(19)26/h3-15,22H,1-2H3,(H,27,29)(H,28,30). The van der Waals surface area contributed by atoms with Gasteiger partial charge in [0.25, 0.3) is 11.8 Å². The Labute approximate surface area is 179 Å². The smallest absolute Gasteiger partial charge is 0.256 e. The Kier molecular flexibility index (Phi) is 6.97. The first-order valence-electron chi connectivity index (χ1n) is 9.72. The lowest BCUT2D eigenvalue weighted by atomic mass is 10.1. The molecule has 0 aliphatic rings. The predicted molar refractivity (Wildman–Crippen MR) is 113 cm³/mol. The summed E-state index contributed by atoms with van der Waals surface area (Å²) in [6, 6.07) is 17.7. The average Bonchev–Trinajstić information content (AvgIpc) is 2.74. The van der Waals surface area contributed by atoms with Crippen LogP contribution in [0.5, 0.6) is 5.75 Å². The first-order chi connectivity index (χ1) is 14.8. The Morgan fingerprint density at radius 3 is 1.61 bits per heavy atom. The highest BCUT2D eigenvalue weighted by atomic mass is 19.1. The highest BCUT2D eigenvalue weighted by Crippen LogP contribution is 2.19. The normalized spacial score (nSPS) is 10.8. The van der Waals surface area contributed by atoms with Crippen LogP contribution in [0.15, 0.2) is 72.8 Å². The molecule has 0 aromatic heterocycles. The van der Waals surface area contributed by atoms with Crippen LogP contribution in [-0.2, 0) is 0 Å². The molecule has 7 heteroatoms. The number of carbonyl (C=O) groups excluding carboxylic acids is 2. The van der Waals surface area contributed by atoms with Gasteiger partial charge < -0.3 is 15.4 Å². The third-order valence-electron chi connectivity index (χ3n) is 4.37. The largest absolute Gasteiger partial charge is 0.491 e. The molecule has 0 bridgehead atoms. The number of ether oxygens (including phenoxy) is 1. The zero-order chi connectivity index (χ0) is 22.4. The Morgan fingerprint density at radius 1 is 0.742 bits per heavy atom. The minimum Gasteiger partial charge on any atom is -0.491 e. The first-order valence-corrected chi connectivity index (χ1v) is 9.72. The number of hydrogen-bond acceptors (Lipinski definition) is 3. The molecule has 3 aromatic carbocycles. The van der Waals surface area contributed by atoms with Crippen molar-refractivity contribution in [3.05, 3.63) is 101 Å². The maximum absolute atomic E-state index is 14.0. The number of benzene rings is 3. The Bertz CT molecular complexity index is 1010. The number of nitrogens with one attached hydrogen (secondary N) is 2. The average molecular weight is 424 g/mol. The van der Waals surface area contributed by atoms with Gasteiger partial charge in [0.05, 0.1) is 17.2 Å². The minimum atomic E-state index is -1.03. The van der Waals surface area contributed by atoms with E-state index in [2.05, 4.69) is 10.6 Å². The van der Waals surface area contributed by atoms with E-state index in [-0.39, 0.29) is 17.2 Å². The maximum atomic E-state index is 14.0. The van der Waals surface area contributed by atoms with Gasteiger partial charge in [0.1, 0.15) is 23.5 Å². The van der Waals surface area contributed by atoms with E-state index >= 15 is 0 Å². The van der Waals surface area contributed by atoms with Gasteiger partial charge >= 0.3 is 0 Å². The molecule has 0 atom stereocenters. The monoisotopic (exact) mass is 424 g/mol. The molecule has 5 nitrogen and oxygen atoms in total. The van der Waals surface area contributed by atoms with Gasteiger partial charge in [0.2, 0.25) is 0 Å². The lowest BCUT2D eigenvalue weighted by molar-refractivity contribution is 0.0879. The molecule has 0 unspecified atom stereocenters. The second-order valence-electron chi connectivity index (χ2n) is 7.08. The fraction of sp³-hybridized carbons (Fsp3) is 0.167. The molecule has 160 valence electrons. The molecular formula is C24H22F2N2O3. The SMILES string of the molecule is CC(C)Oc1ccc(C(NC(=O)c2ccccc2F)NC(=O)c2ccccc2F)cc1. The topological polar surface area (TPSA) is 67.4 Å². The van der Waals surface area contributed by atoms with Gasteiger partial charge in [0, 0.05) is 0 Å². The summed E-state index contributed by atoms with van der Waals surface area (Å²) in [6.07, 6.45) is -1.06. The highest BCUT2D eigenvalue weighted by molar-refractivity contribution is 5.97. The van der Waals surface area contributed by atoms with Crippen molar-refractivity contribution in [2.75, 3.05) is 0 Å². The van der Waals surface area contributed by atoms with E-state index in [1.165, 1.54) is 48.5 Å². The fourth-order valence-electron chi connectivity index (χ4n) is 2.92. The molecule has 2 amide bonds. The van der Waals surface area contributed by atoms with Crippen LogP contribution < -0.4 is 15.4 Å². The number of amides is 2. The van der Waals surface area contributed by atoms with Gasteiger partial charge in [0.15, 0.2) is 0 Å². The number of hydrogen-bond donors (Lipinski definition) is 2. The summed E-state index contributed by atoms with van der Waals surface area (Å²) in [5.41, 5.74) is 0.158. The van der Waals surface area contributed by atoms with Crippen molar-refractivity contribution in [1.82, 2.24) is 10.6 Å². The fourth-order valence-corrected chi connectivity index (χ4v) is 2.92. The highest BCUT2D eigenvalue weighted by Gasteiger charge is 2.22. The summed E-state index contributed by atoms with van der Waals surface area (Å²) in [5, 5.41) is 5.19. The van der Waals surface area contributed by atoms with Crippen LogP contribution in [-0.4, -0.2) is 17.9 Å². The van der Waals surface area contributed by atoms with E-state index in [1.54, 1.807) is 24.3 Å². The molecule has 0 aliphatic carbocycles. The van der Waals surface area contributed by atoms with Crippen LogP contribution in [0, 0.1) is 11.6 Å². The van der Waals surface area contributed by atoms with Crippen LogP contribution in [0.2, 0.25) is 0 Å². The van der Waals surface area contributed by atoms with Crippen LogP contribution in [0.3, 0.4) is 0 Å². The molecule has 3 aromatic rings. The predicted octanol–water partition coefficient (Wildman–Crippen LogP) is 4.61. The van der Waals surface area contributed by atoms with Crippen molar-refractivity contribution in [2.24, 2.45) is 0 Å². The van der Waals surface area contributed by atoms with Crippen molar-refractivity contribution in [2.45, 2.75) is 26.1 Å². The molecule has 31 heavy (non-hydrogen) atoms. The molecule has 2 N–H and O–H groups in total. The van der Waals surface area contributed by atoms with Gasteiger partial charge in [-0.05, 0) is 55.8 Å². The summed E-state index contributed by atoms with van der Waals surface area (Å²) in [7, 11) is 0. The van der Waals surface area contributed by atoms with Gasteiger partial charge in [-0.15, -0.1) is 0 Å². The van der Waals surface area contributed by atoms with Crippen molar-refractivity contribution in [1.29, 1.82) is 0 Å². The second-order valence-corrected chi connectivity index (χ2v) is 7.08. The van der Waals surface area contributed by atoms with Crippen molar-refractivity contribution in [3.63, 3.8) is 0 Å². The van der Waals surface area contributed by atoms with Crippen molar-refractivity contribution in [3.8, 4) is 5.75 Å². The molecule has 0 spiro atoms. The number of rotatable bonds is 7. The number of carbonyl (C=O) groups is 2. The quantitative estimate of drug-likeness (QED) is 0.545. The molecule has 0 heterocycles. The molecule has 0 fully saturated rings. The molecule has 0 radical (unpaired) electrons. The lowest BCUT2D eigenvalue weighted by Crippen LogP contribution is -2.41. The summed E-state index contributed by atoms with van der Waals surface area (Å²) in [4.78, 5) is 25.3. The van der Waals surface area contributed by atoms with E-state index in [0.29, 0.717) is 11.3 Å². The van der Waals surface area contributed by atoms with Gasteiger partial charge in [-0.2, -0.15) is 0 Å².